The minimum absolute atomic E-state index is 0.548. The van der Waals surface area contributed by atoms with Crippen molar-refractivity contribution in [3.05, 3.63) is 42.2 Å². The highest BCUT2D eigenvalue weighted by molar-refractivity contribution is 5.90. The van der Waals surface area contributed by atoms with Crippen molar-refractivity contribution in [3.63, 3.8) is 0 Å². The summed E-state index contributed by atoms with van der Waals surface area (Å²) in [4.78, 5) is 4.25. The molecule has 0 bridgehead atoms. The molecule has 0 spiro atoms. The molecule has 0 radical (unpaired) electrons. The van der Waals surface area contributed by atoms with E-state index in [-0.39, 0.29) is 0 Å². The lowest BCUT2D eigenvalue weighted by molar-refractivity contribution is 0.437. The van der Waals surface area contributed by atoms with Crippen LogP contribution in [-0.4, -0.2) is 20.3 Å². The Morgan fingerprint density at radius 2 is 2.04 bits per heavy atom. The summed E-state index contributed by atoms with van der Waals surface area (Å²) < 4.78 is 5.58. The van der Waals surface area contributed by atoms with Gasteiger partial charge in [-0.3, -0.25) is 5.10 Å². The molecule has 2 N–H and O–H groups in total. The van der Waals surface area contributed by atoms with Gasteiger partial charge in [-0.15, -0.1) is 0 Å². The van der Waals surface area contributed by atoms with Crippen LogP contribution in [0.4, 0.5) is 11.5 Å². The van der Waals surface area contributed by atoms with Crippen molar-refractivity contribution in [3.8, 4) is 0 Å². The summed E-state index contributed by atoms with van der Waals surface area (Å²) in [5, 5.41) is 17.0. The van der Waals surface area contributed by atoms with Crippen molar-refractivity contribution in [2.45, 2.75) is 31.6 Å². The highest BCUT2D eigenvalue weighted by Crippen LogP contribution is 2.37. The molecule has 0 saturated heterocycles. The van der Waals surface area contributed by atoms with Gasteiger partial charge >= 0.3 is 0 Å². The number of aromatic nitrogens is 4. The predicted molar refractivity (Wildman–Crippen MR) is 92.4 cm³/mol. The van der Waals surface area contributed by atoms with Gasteiger partial charge in [-0.2, -0.15) is 5.10 Å². The van der Waals surface area contributed by atoms with Gasteiger partial charge < -0.3 is 9.84 Å². The molecule has 1 saturated carbocycles. The van der Waals surface area contributed by atoms with E-state index in [4.69, 9.17) is 4.52 Å². The fraction of sp³-hybridized carbons (Fsp3) is 0.278. The van der Waals surface area contributed by atoms with E-state index in [0.717, 1.165) is 39.2 Å². The second-order valence-electron chi connectivity index (χ2n) is 6.36. The first kappa shape index (κ1) is 13.5. The lowest BCUT2D eigenvalue weighted by atomic mass is 10.0. The first-order chi connectivity index (χ1) is 11.9. The number of nitrogens with one attached hydrogen (secondary N) is 2. The van der Waals surface area contributed by atoms with Crippen molar-refractivity contribution >= 4 is 33.5 Å². The van der Waals surface area contributed by atoms with Crippen LogP contribution in [0.15, 0.2) is 41.1 Å². The van der Waals surface area contributed by atoms with Gasteiger partial charge in [0.2, 0.25) is 0 Å². The molecule has 0 atom stereocenters. The highest BCUT2D eigenvalue weighted by atomic mass is 16.5. The molecule has 3 aromatic heterocycles. The van der Waals surface area contributed by atoms with E-state index in [1.165, 1.54) is 25.7 Å². The molecule has 3 heterocycles. The minimum atomic E-state index is 0.548. The van der Waals surface area contributed by atoms with E-state index >= 15 is 0 Å². The molecule has 6 nitrogen and oxygen atoms in total. The maximum atomic E-state index is 5.58. The standard InChI is InChI=1S/C18H17N5O/c1-2-5-11(4-1)16-13-8-7-12(10-15(13)24-23-16)20-18-14-6-3-9-19-17(14)21-22-18/h3,6-11H,1-2,4-5H2,(H2,19,20,21,22). The molecule has 24 heavy (non-hydrogen) atoms. The van der Waals surface area contributed by atoms with Gasteiger partial charge in [0.25, 0.3) is 0 Å². The van der Waals surface area contributed by atoms with Crippen LogP contribution in [0.25, 0.3) is 22.0 Å². The third-order valence-electron chi connectivity index (χ3n) is 4.84. The second-order valence-corrected chi connectivity index (χ2v) is 6.36. The van der Waals surface area contributed by atoms with Crippen molar-refractivity contribution in [2.24, 2.45) is 0 Å². The molecule has 120 valence electrons. The number of pyridine rings is 1. The summed E-state index contributed by atoms with van der Waals surface area (Å²) in [6, 6.07) is 10.0. The van der Waals surface area contributed by atoms with E-state index < -0.39 is 0 Å². The van der Waals surface area contributed by atoms with Crippen molar-refractivity contribution < 1.29 is 4.52 Å². The summed E-state index contributed by atoms with van der Waals surface area (Å²) >= 11 is 0. The van der Waals surface area contributed by atoms with Gasteiger partial charge in [0.15, 0.2) is 17.0 Å². The quantitative estimate of drug-likeness (QED) is 0.581. The molecule has 5 rings (SSSR count). The Morgan fingerprint density at radius 3 is 2.96 bits per heavy atom. The number of hydrogen-bond acceptors (Lipinski definition) is 5. The number of hydrogen-bond donors (Lipinski definition) is 2. The zero-order valence-corrected chi connectivity index (χ0v) is 13.1. The summed E-state index contributed by atoms with van der Waals surface area (Å²) in [6.45, 7) is 0. The van der Waals surface area contributed by atoms with E-state index in [1.54, 1.807) is 6.20 Å². The summed E-state index contributed by atoms with van der Waals surface area (Å²) in [5.41, 5.74) is 3.63. The molecule has 6 heteroatoms. The van der Waals surface area contributed by atoms with Crippen LogP contribution in [0.2, 0.25) is 0 Å². The molecular weight excluding hydrogens is 302 g/mol. The SMILES string of the molecule is c1cnc2[nH]nc(Nc3ccc4c(C5CCCC5)noc4c3)c2c1. The van der Waals surface area contributed by atoms with Gasteiger partial charge in [0.1, 0.15) is 0 Å². The number of anilines is 2. The fourth-order valence-electron chi connectivity index (χ4n) is 3.62. The number of aromatic amines is 1. The average Bonchev–Trinajstić information content (AvgIpc) is 3.34. The van der Waals surface area contributed by atoms with Crippen LogP contribution < -0.4 is 5.32 Å². The molecule has 0 aliphatic heterocycles. The Balaban J connectivity index is 1.49. The Bertz CT molecular complexity index is 1010. The molecular formula is C18H17N5O. The van der Waals surface area contributed by atoms with Crippen LogP contribution in [0.5, 0.6) is 0 Å². The smallest absolute Gasteiger partial charge is 0.169 e. The van der Waals surface area contributed by atoms with Crippen molar-refractivity contribution in [1.29, 1.82) is 0 Å². The van der Waals surface area contributed by atoms with Crippen molar-refractivity contribution in [2.75, 3.05) is 5.32 Å². The van der Waals surface area contributed by atoms with Gasteiger partial charge in [-0.05, 0) is 37.1 Å². The lowest BCUT2D eigenvalue weighted by Crippen LogP contribution is -1.93. The largest absolute Gasteiger partial charge is 0.356 e. The topological polar surface area (TPSA) is 79.6 Å². The van der Waals surface area contributed by atoms with Gasteiger partial charge in [0, 0.05) is 29.3 Å². The maximum absolute atomic E-state index is 5.58. The highest BCUT2D eigenvalue weighted by Gasteiger charge is 2.23. The van der Waals surface area contributed by atoms with Crippen LogP contribution in [0.1, 0.15) is 37.3 Å². The van der Waals surface area contributed by atoms with Gasteiger partial charge in [-0.1, -0.05) is 18.0 Å². The van der Waals surface area contributed by atoms with Crippen LogP contribution >= 0.6 is 0 Å². The van der Waals surface area contributed by atoms with Gasteiger partial charge in [0.05, 0.1) is 11.1 Å². The second kappa shape index (κ2) is 5.33. The third kappa shape index (κ3) is 2.14. The Kier molecular flexibility index (Phi) is 3.01. The van der Waals surface area contributed by atoms with E-state index in [0.29, 0.717) is 5.92 Å². The Labute approximate surface area is 138 Å². The zero-order valence-electron chi connectivity index (χ0n) is 13.1. The molecule has 0 amide bonds. The first-order valence-corrected chi connectivity index (χ1v) is 8.34. The number of benzene rings is 1. The van der Waals surface area contributed by atoms with Crippen LogP contribution in [0.3, 0.4) is 0 Å². The monoisotopic (exact) mass is 319 g/mol. The van der Waals surface area contributed by atoms with Gasteiger partial charge in [-0.25, -0.2) is 4.98 Å². The van der Waals surface area contributed by atoms with E-state index in [9.17, 15) is 0 Å². The predicted octanol–water partition coefficient (Wildman–Crippen LogP) is 4.50. The number of H-pyrrole nitrogens is 1. The summed E-state index contributed by atoms with van der Waals surface area (Å²) in [5.74, 6) is 1.30. The average molecular weight is 319 g/mol. The first-order valence-electron chi connectivity index (χ1n) is 8.34. The summed E-state index contributed by atoms with van der Waals surface area (Å²) in [7, 11) is 0. The minimum Gasteiger partial charge on any atom is -0.356 e. The number of nitrogens with zero attached hydrogens (tertiary/aromatic N) is 3. The van der Waals surface area contributed by atoms with E-state index in [1.807, 2.05) is 18.2 Å². The number of fused-ring (bicyclic) bond motifs is 2. The normalized spacial score (nSPS) is 15.5. The molecule has 0 unspecified atom stereocenters. The molecule has 1 aliphatic rings. The van der Waals surface area contributed by atoms with E-state index in [2.05, 4.69) is 37.8 Å². The molecule has 1 aliphatic carbocycles. The fourth-order valence-corrected chi connectivity index (χ4v) is 3.62. The maximum Gasteiger partial charge on any atom is 0.169 e. The third-order valence-corrected chi connectivity index (χ3v) is 4.84. The Hall–Kier alpha value is -2.89. The zero-order chi connectivity index (χ0) is 15.9. The van der Waals surface area contributed by atoms with Crippen molar-refractivity contribution in [1.82, 2.24) is 20.3 Å². The molecule has 4 aromatic rings. The number of rotatable bonds is 3. The summed E-state index contributed by atoms with van der Waals surface area (Å²) in [6.07, 6.45) is 6.76. The lowest BCUT2D eigenvalue weighted by Gasteiger charge is -2.05. The van der Waals surface area contributed by atoms with Crippen LogP contribution in [-0.2, 0) is 0 Å². The van der Waals surface area contributed by atoms with Crippen LogP contribution in [0, 0.1) is 0 Å². The molecule has 1 fully saturated rings. The Morgan fingerprint density at radius 1 is 1.12 bits per heavy atom. The molecule has 1 aromatic carbocycles.